The lowest BCUT2D eigenvalue weighted by atomic mass is 9.92. The first-order valence-electron chi connectivity index (χ1n) is 9.18. The van der Waals surface area contributed by atoms with Gasteiger partial charge in [-0.2, -0.15) is 5.10 Å². The molecule has 7 nitrogen and oxygen atoms in total. The Labute approximate surface area is 151 Å². The lowest BCUT2D eigenvalue weighted by molar-refractivity contribution is -0.115. The van der Waals surface area contributed by atoms with Gasteiger partial charge in [0.2, 0.25) is 5.89 Å². The number of piperidine rings is 1. The van der Waals surface area contributed by atoms with Crippen LogP contribution in [-0.2, 0) is 4.79 Å². The van der Waals surface area contributed by atoms with Crippen LogP contribution in [0.1, 0.15) is 38.0 Å². The summed E-state index contributed by atoms with van der Waals surface area (Å²) < 4.78 is 5.35. The Morgan fingerprint density at radius 2 is 2.04 bits per heavy atom. The van der Waals surface area contributed by atoms with Crippen LogP contribution in [0.2, 0.25) is 0 Å². The molecule has 4 heterocycles. The highest BCUT2D eigenvalue weighted by atomic mass is 16.3. The maximum atomic E-state index is 12.8. The van der Waals surface area contributed by atoms with E-state index in [9.17, 15) is 4.79 Å². The molecule has 4 aliphatic rings. The Morgan fingerprint density at radius 1 is 1.23 bits per heavy atom. The van der Waals surface area contributed by atoms with Gasteiger partial charge in [0, 0.05) is 35.7 Å². The molecule has 1 aromatic rings. The monoisotopic (exact) mass is 351 g/mol. The molecule has 7 heteroatoms. The van der Waals surface area contributed by atoms with Gasteiger partial charge in [0.25, 0.3) is 5.91 Å². The first kappa shape index (κ1) is 15.7. The summed E-state index contributed by atoms with van der Waals surface area (Å²) in [7, 11) is 2.20. The summed E-state index contributed by atoms with van der Waals surface area (Å²) in [5.74, 6) is 0.472. The predicted octanol–water partition coefficient (Wildman–Crippen LogP) is 1.94. The molecule has 2 bridgehead atoms. The van der Waals surface area contributed by atoms with E-state index >= 15 is 0 Å². The van der Waals surface area contributed by atoms with Crippen molar-refractivity contribution in [3.8, 4) is 0 Å². The second kappa shape index (κ2) is 6.02. The number of fused-ring (bicyclic) bond motifs is 3. The van der Waals surface area contributed by atoms with Crippen LogP contribution in [0.5, 0.6) is 0 Å². The number of hydrogen-bond acceptors (Lipinski definition) is 6. The molecular formula is C19H21N5O2. The third-order valence-electron chi connectivity index (χ3n) is 6.00. The van der Waals surface area contributed by atoms with Crippen LogP contribution in [0.4, 0.5) is 0 Å². The van der Waals surface area contributed by atoms with Gasteiger partial charge in [0.15, 0.2) is 5.71 Å². The van der Waals surface area contributed by atoms with E-state index in [1.54, 1.807) is 12.5 Å². The van der Waals surface area contributed by atoms with Crippen molar-refractivity contribution in [2.24, 2.45) is 10.2 Å². The number of oxazole rings is 1. The summed E-state index contributed by atoms with van der Waals surface area (Å²) >= 11 is 0. The van der Waals surface area contributed by atoms with Crippen LogP contribution in [-0.4, -0.2) is 52.4 Å². The third kappa shape index (κ3) is 2.54. The highest BCUT2D eigenvalue weighted by molar-refractivity contribution is 6.53. The molecule has 1 unspecified atom stereocenters. The predicted molar refractivity (Wildman–Crippen MR) is 97.8 cm³/mol. The number of hydrogen-bond donors (Lipinski definition) is 1. The summed E-state index contributed by atoms with van der Waals surface area (Å²) in [5, 5.41) is 11.6. The summed E-state index contributed by atoms with van der Waals surface area (Å²) in [6.07, 6.45) is 12.1. The largest absolute Gasteiger partial charge is 0.445 e. The Morgan fingerprint density at radius 3 is 2.77 bits per heavy atom. The fourth-order valence-corrected chi connectivity index (χ4v) is 4.56. The van der Waals surface area contributed by atoms with E-state index < -0.39 is 0 Å². The maximum Gasteiger partial charge on any atom is 0.272 e. The highest BCUT2D eigenvalue weighted by Gasteiger charge is 2.39. The number of carbonyl (C=O) groups is 1. The van der Waals surface area contributed by atoms with Crippen molar-refractivity contribution in [3.05, 3.63) is 36.1 Å². The van der Waals surface area contributed by atoms with E-state index in [4.69, 9.17) is 4.42 Å². The second-order valence-electron chi connectivity index (χ2n) is 7.47. The van der Waals surface area contributed by atoms with Crippen molar-refractivity contribution >= 4 is 22.9 Å². The molecular weight excluding hydrogens is 330 g/mol. The van der Waals surface area contributed by atoms with E-state index in [-0.39, 0.29) is 11.9 Å². The lowest BCUT2D eigenvalue weighted by Crippen LogP contribution is -2.50. The Balaban J connectivity index is 1.29. The van der Waals surface area contributed by atoms with Crippen LogP contribution in [0.25, 0.3) is 5.57 Å². The van der Waals surface area contributed by atoms with Crippen LogP contribution in [0.3, 0.4) is 0 Å². The summed E-state index contributed by atoms with van der Waals surface area (Å²) in [4.78, 5) is 19.4. The first-order chi connectivity index (χ1) is 12.7. The zero-order valence-electron chi connectivity index (χ0n) is 14.7. The SMILES string of the molecule is CN1[C@@H]2CC[C@H]1CC(NC(=O)C1=NN=C3CC(c4ncco4)=CC=C31)C2. The van der Waals surface area contributed by atoms with E-state index in [0.717, 1.165) is 29.7 Å². The molecule has 26 heavy (non-hydrogen) atoms. The van der Waals surface area contributed by atoms with Crippen LogP contribution >= 0.6 is 0 Å². The molecule has 3 aliphatic heterocycles. The van der Waals surface area contributed by atoms with Crippen LogP contribution in [0.15, 0.2) is 44.8 Å². The molecule has 0 saturated carbocycles. The van der Waals surface area contributed by atoms with Crippen molar-refractivity contribution in [2.45, 2.75) is 50.2 Å². The van der Waals surface area contributed by atoms with Crippen LogP contribution in [0, 0.1) is 0 Å². The zero-order valence-corrected chi connectivity index (χ0v) is 14.7. The van der Waals surface area contributed by atoms with Gasteiger partial charge in [0.05, 0.1) is 11.9 Å². The Bertz CT molecular complexity index is 851. The van der Waals surface area contributed by atoms with Crippen molar-refractivity contribution in [2.75, 3.05) is 7.05 Å². The molecule has 134 valence electrons. The van der Waals surface area contributed by atoms with Crippen LogP contribution < -0.4 is 5.32 Å². The van der Waals surface area contributed by atoms with Crippen molar-refractivity contribution in [3.63, 3.8) is 0 Å². The van der Waals surface area contributed by atoms with E-state index in [0.29, 0.717) is 30.1 Å². The normalized spacial score (nSPS) is 30.3. The van der Waals surface area contributed by atoms with Gasteiger partial charge in [-0.25, -0.2) is 4.98 Å². The molecule has 0 spiro atoms. The number of nitrogens with one attached hydrogen (secondary N) is 1. The van der Waals surface area contributed by atoms with Gasteiger partial charge in [-0.05, 0) is 32.7 Å². The second-order valence-corrected chi connectivity index (χ2v) is 7.47. The minimum Gasteiger partial charge on any atom is -0.445 e. The molecule has 1 aliphatic carbocycles. The molecule has 3 atom stereocenters. The van der Waals surface area contributed by atoms with Gasteiger partial charge >= 0.3 is 0 Å². The number of aromatic nitrogens is 1. The Kier molecular flexibility index (Phi) is 3.63. The first-order valence-corrected chi connectivity index (χ1v) is 9.18. The van der Waals surface area contributed by atoms with Gasteiger partial charge in [0.1, 0.15) is 6.26 Å². The van der Waals surface area contributed by atoms with Crippen molar-refractivity contribution in [1.82, 2.24) is 15.2 Å². The molecule has 2 saturated heterocycles. The number of carbonyl (C=O) groups excluding carboxylic acids is 1. The van der Waals surface area contributed by atoms with Crippen molar-refractivity contribution in [1.29, 1.82) is 0 Å². The minimum absolute atomic E-state index is 0.114. The van der Waals surface area contributed by atoms with Gasteiger partial charge < -0.3 is 14.6 Å². The van der Waals surface area contributed by atoms with Gasteiger partial charge in [-0.1, -0.05) is 12.2 Å². The third-order valence-corrected chi connectivity index (χ3v) is 6.00. The summed E-state index contributed by atoms with van der Waals surface area (Å²) in [5.41, 5.74) is 2.98. The number of nitrogens with zero attached hydrogens (tertiary/aromatic N) is 4. The highest BCUT2D eigenvalue weighted by Crippen LogP contribution is 2.34. The molecule has 1 aromatic heterocycles. The minimum atomic E-state index is -0.114. The summed E-state index contributed by atoms with van der Waals surface area (Å²) in [6, 6.07) is 1.42. The molecule has 2 fully saturated rings. The number of amides is 1. The van der Waals surface area contributed by atoms with Crippen molar-refractivity contribution < 1.29 is 9.21 Å². The molecule has 1 N–H and O–H groups in total. The smallest absolute Gasteiger partial charge is 0.272 e. The topological polar surface area (TPSA) is 83.1 Å². The summed E-state index contributed by atoms with van der Waals surface area (Å²) in [6.45, 7) is 0. The maximum absolute atomic E-state index is 12.8. The average molecular weight is 351 g/mol. The quantitative estimate of drug-likeness (QED) is 0.902. The lowest BCUT2D eigenvalue weighted by Gasteiger charge is -2.36. The Hall–Kier alpha value is -2.54. The zero-order chi connectivity index (χ0) is 17.7. The molecule has 0 aromatic carbocycles. The molecule has 5 rings (SSSR count). The number of rotatable bonds is 3. The molecule has 1 amide bonds. The fraction of sp³-hybridized carbons (Fsp3) is 0.474. The van der Waals surface area contributed by atoms with E-state index in [2.05, 4.69) is 32.5 Å². The van der Waals surface area contributed by atoms with Gasteiger partial charge in [-0.15, -0.1) is 5.10 Å². The average Bonchev–Trinajstić information content (AvgIpc) is 3.34. The fourth-order valence-electron chi connectivity index (χ4n) is 4.56. The van der Waals surface area contributed by atoms with E-state index in [1.807, 2.05) is 12.2 Å². The number of allylic oxidation sites excluding steroid dienone is 3. The van der Waals surface area contributed by atoms with Gasteiger partial charge in [-0.3, -0.25) is 4.79 Å². The molecule has 0 radical (unpaired) electrons. The van der Waals surface area contributed by atoms with E-state index in [1.165, 1.54) is 12.8 Å². The standard InChI is InChI=1S/C19H21N5O2/c1-24-13-3-4-14(24)10-12(9-13)21-18(25)17-15-5-2-11(8-16(15)22-23-17)19-20-6-7-26-19/h2,5-7,12-14H,3-4,8-10H2,1H3,(H,21,25)/t12?,13-,14+.